The smallest absolute Gasteiger partial charge is 0.253 e. The largest absolute Gasteiger partial charge is 0.493 e. The van der Waals surface area contributed by atoms with Gasteiger partial charge in [-0.1, -0.05) is 15.9 Å². The van der Waals surface area contributed by atoms with Crippen molar-refractivity contribution in [3.05, 3.63) is 52.5 Å². The lowest BCUT2D eigenvalue weighted by Gasteiger charge is -2.18. The maximum absolute atomic E-state index is 12.5. The van der Waals surface area contributed by atoms with E-state index in [-0.39, 0.29) is 5.91 Å². The Labute approximate surface area is 156 Å². The summed E-state index contributed by atoms with van der Waals surface area (Å²) >= 11 is 3.38. The van der Waals surface area contributed by atoms with Gasteiger partial charge in [-0.15, -0.1) is 0 Å². The fraction of sp³-hybridized carbons (Fsp3) is 0.316. The summed E-state index contributed by atoms with van der Waals surface area (Å²) in [5.74, 6) is 1.85. The van der Waals surface area contributed by atoms with Gasteiger partial charge in [0.2, 0.25) is 0 Å². The van der Waals surface area contributed by atoms with Gasteiger partial charge in [0, 0.05) is 17.1 Å². The highest BCUT2D eigenvalue weighted by Gasteiger charge is 2.15. The summed E-state index contributed by atoms with van der Waals surface area (Å²) in [7, 11) is 3.30. The SMILES string of the molecule is CCOc1ccc(C(=O)N(C)CCOc2ccc(Br)cc2)cc1OC. The molecule has 6 heteroatoms. The van der Waals surface area contributed by atoms with Gasteiger partial charge in [0.25, 0.3) is 5.91 Å². The number of hydrogen-bond acceptors (Lipinski definition) is 4. The molecule has 0 bridgehead atoms. The third kappa shape index (κ3) is 5.39. The molecule has 5 nitrogen and oxygen atoms in total. The van der Waals surface area contributed by atoms with Crippen molar-refractivity contribution >= 4 is 21.8 Å². The molecule has 0 aromatic heterocycles. The molecule has 2 aromatic rings. The maximum atomic E-state index is 12.5. The Hall–Kier alpha value is -2.21. The first-order valence-electron chi connectivity index (χ1n) is 7.99. The normalized spacial score (nSPS) is 10.2. The predicted molar refractivity (Wildman–Crippen MR) is 101 cm³/mol. The molecule has 0 saturated heterocycles. The first kappa shape index (κ1) is 19.1. The fourth-order valence-corrected chi connectivity index (χ4v) is 2.49. The van der Waals surface area contributed by atoms with E-state index >= 15 is 0 Å². The van der Waals surface area contributed by atoms with Crippen LogP contribution in [0.2, 0.25) is 0 Å². The molecule has 2 rings (SSSR count). The molecule has 0 spiro atoms. The zero-order chi connectivity index (χ0) is 18.2. The van der Waals surface area contributed by atoms with Gasteiger partial charge in [0.05, 0.1) is 20.3 Å². The van der Waals surface area contributed by atoms with Crippen LogP contribution in [0.5, 0.6) is 17.2 Å². The zero-order valence-corrected chi connectivity index (χ0v) is 16.2. The van der Waals surface area contributed by atoms with E-state index in [0.29, 0.717) is 36.8 Å². The van der Waals surface area contributed by atoms with Crippen molar-refractivity contribution in [3.8, 4) is 17.2 Å². The molecule has 0 saturated carbocycles. The first-order valence-corrected chi connectivity index (χ1v) is 8.79. The summed E-state index contributed by atoms with van der Waals surface area (Å²) in [6, 6.07) is 12.8. The van der Waals surface area contributed by atoms with Crippen molar-refractivity contribution in [2.75, 3.05) is 33.9 Å². The second-order valence-corrected chi connectivity index (χ2v) is 6.24. The van der Waals surface area contributed by atoms with Crippen LogP contribution in [0.1, 0.15) is 17.3 Å². The van der Waals surface area contributed by atoms with E-state index in [1.807, 2.05) is 31.2 Å². The lowest BCUT2D eigenvalue weighted by Crippen LogP contribution is -2.30. The Bertz CT molecular complexity index is 703. The zero-order valence-electron chi connectivity index (χ0n) is 14.6. The Morgan fingerprint density at radius 2 is 1.80 bits per heavy atom. The molecule has 0 aliphatic carbocycles. The highest BCUT2D eigenvalue weighted by atomic mass is 79.9. The number of ether oxygens (including phenoxy) is 3. The molecule has 0 radical (unpaired) electrons. The van der Waals surface area contributed by atoms with Crippen LogP contribution in [0.4, 0.5) is 0 Å². The van der Waals surface area contributed by atoms with Gasteiger partial charge < -0.3 is 19.1 Å². The average molecular weight is 408 g/mol. The molecule has 134 valence electrons. The number of likely N-dealkylation sites (N-methyl/N-ethyl adjacent to an activating group) is 1. The minimum absolute atomic E-state index is 0.0965. The second kappa shape index (κ2) is 9.32. The van der Waals surface area contributed by atoms with Gasteiger partial charge in [0.15, 0.2) is 11.5 Å². The van der Waals surface area contributed by atoms with Crippen molar-refractivity contribution in [2.45, 2.75) is 6.92 Å². The number of rotatable bonds is 8. The second-order valence-electron chi connectivity index (χ2n) is 5.33. The minimum atomic E-state index is -0.0965. The minimum Gasteiger partial charge on any atom is -0.493 e. The van der Waals surface area contributed by atoms with Crippen molar-refractivity contribution < 1.29 is 19.0 Å². The van der Waals surface area contributed by atoms with E-state index in [9.17, 15) is 4.79 Å². The Morgan fingerprint density at radius 1 is 1.08 bits per heavy atom. The van der Waals surface area contributed by atoms with E-state index < -0.39 is 0 Å². The lowest BCUT2D eigenvalue weighted by atomic mass is 10.1. The topological polar surface area (TPSA) is 48.0 Å². The molecular weight excluding hydrogens is 386 g/mol. The number of carbonyl (C=O) groups is 1. The van der Waals surface area contributed by atoms with Crippen LogP contribution in [-0.2, 0) is 0 Å². The standard InChI is InChI=1S/C19H22BrNO4/c1-4-24-17-10-5-14(13-18(17)23-3)19(22)21(2)11-12-25-16-8-6-15(20)7-9-16/h5-10,13H,4,11-12H2,1-3H3. The highest BCUT2D eigenvalue weighted by Crippen LogP contribution is 2.28. The molecule has 2 aromatic carbocycles. The van der Waals surface area contributed by atoms with E-state index in [1.165, 1.54) is 0 Å². The van der Waals surface area contributed by atoms with Gasteiger partial charge in [0.1, 0.15) is 12.4 Å². The molecule has 0 aliphatic heterocycles. The molecular formula is C19H22BrNO4. The van der Waals surface area contributed by atoms with Gasteiger partial charge in [-0.2, -0.15) is 0 Å². The molecule has 0 unspecified atom stereocenters. The summed E-state index contributed by atoms with van der Waals surface area (Å²) in [4.78, 5) is 14.2. The summed E-state index contributed by atoms with van der Waals surface area (Å²) in [5, 5.41) is 0. The number of nitrogens with zero attached hydrogens (tertiary/aromatic N) is 1. The first-order chi connectivity index (χ1) is 12.0. The molecule has 25 heavy (non-hydrogen) atoms. The quantitative estimate of drug-likeness (QED) is 0.663. The van der Waals surface area contributed by atoms with E-state index in [4.69, 9.17) is 14.2 Å². The van der Waals surface area contributed by atoms with Crippen molar-refractivity contribution in [2.24, 2.45) is 0 Å². The van der Waals surface area contributed by atoms with E-state index in [0.717, 1.165) is 10.2 Å². The summed E-state index contributed by atoms with van der Waals surface area (Å²) < 4.78 is 17.4. The van der Waals surface area contributed by atoms with Gasteiger partial charge in [-0.25, -0.2) is 0 Å². The number of carbonyl (C=O) groups excluding carboxylic acids is 1. The van der Waals surface area contributed by atoms with Crippen LogP contribution in [-0.4, -0.2) is 44.7 Å². The van der Waals surface area contributed by atoms with E-state index in [2.05, 4.69) is 15.9 Å². The number of halogens is 1. The van der Waals surface area contributed by atoms with Crippen LogP contribution in [0.15, 0.2) is 46.9 Å². The van der Waals surface area contributed by atoms with Crippen molar-refractivity contribution in [1.29, 1.82) is 0 Å². The molecule has 0 atom stereocenters. The summed E-state index contributed by atoms with van der Waals surface area (Å²) in [6.07, 6.45) is 0. The predicted octanol–water partition coefficient (Wildman–Crippen LogP) is 4.01. The van der Waals surface area contributed by atoms with E-state index in [1.54, 1.807) is 37.3 Å². The third-order valence-corrected chi connectivity index (χ3v) is 4.09. The van der Waals surface area contributed by atoms with Crippen LogP contribution < -0.4 is 14.2 Å². The average Bonchev–Trinajstić information content (AvgIpc) is 2.63. The van der Waals surface area contributed by atoms with Crippen LogP contribution in [0, 0.1) is 0 Å². The Morgan fingerprint density at radius 3 is 2.44 bits per heavy atom. The van der Waals surface area contributed by atoms with Crippen molar-refractivity contribution in [3.63, 3.8) is 0 Å². The number of methoxy groups -OCH3 is 1. The monoisotopic (exact) mass is 407 g/mol. The number of hydrogen-bond donors (Lipinski definition) is 0. The highest BCUT2D eigenvalue weighted by molar-refractivity contribution is 9.10. The van der Waals surface area contributed by atoms with Gasteiger partial charge in [-0.3, -0.25) is 4.79 Å². The van der Waals surface area contributed by atoms with Gasteiger partial charge in [-0.05, 0) is 49.4 Å². The van der Waals surface area contributed by atoms with Crippen LogP contribution >= 0.6 is 15.9 Å². The fourth-order valence-electron chi connectivity index (χ4n) is 2.23. The van der Waals surface area contributed by atoms with Crippen LogP contribution in [0.3, 0.4) is 0 Å². The molecule has 0 heterocycles. The maximum Gasteiger partial charge on any atom is 0.253 e. The summed E-state index contributed by atoms with van der Waals surface area (Å²) in [6.45, 7) is 3.33. The summed E-state index contributed by atoms with van der Waals surface area (Å²) in [5.41, 5.74) is 0.548. The van der Waals surface area contributed by atoms with Crippen LogP contribution in [0.25, 0.3) is 0 Å². The molecule has 0 N–H and O–H groups in total. The number of amides is 1. The molecule has 1 amide bonds. The molecule has 0 fully saturated rings. The lowest BCUT2D eigenvalue weighted by molar-refractivity contribution is 0.0773. The Kier molecular flexibility index (Phi) is 7.13. The third-order valence-electron chi connectivity index (χ3n) is 3.57. The Balaban J connectivity index is 1.93. The van der Waals surface area contributed by atoms with Crippen molar-refractivity contribution in [1.82, 2.24) is 4.90 Å². The molecule has 0 aliphatic rings. The number of benzene rings is 2. The van der Waals surface area contributed by atoms with Gasteiger partial charge >= 0.3 is 0 Å².